The number of fused-ring (bicyclic) bond motifs is 2. The molecule has 0 aromatic carbocycles. The van der Waals surface area contributed by atoms with Crippen molar-refractivity contribution >= 4 is 23.2 Å². The number of Topliss-reactive ketones (excluding diaryl/α,β-unsaturated/α-hetero) is 2. The van der Waals surface area contributed by atoms with Gasteiger partial charge in [-0.3, -0.25) is 9.59 Å². The normalized spacial score (nSPS) is 52.8. The molecule has 4 rings (SSSR count). The van der Waals surface area contributed by atoms with Crippen molar-refractivity contribution in [2.45, 2.75) is 50.3 Å². The minimum atomic E-state index is -0.0465. The smallest absolute Gasteiger partial charge is 0.202 e. The third-order valence-electron chi connectivity index (χ3n) is 6.46. The van der Waals surface area contributed by atoms with Crippen LogP contribution in [0.1, 0.15) is 44.9 Å². The summed E-state index contributed by atoms with van der Waals surface area (Å²) in [6.45, 7) is 0. The van der Waals surface area contributed by atoms with Crippen LogP contribution in [0.5, 0.6) is 0 Å². The van der Waals surface area contributed by atoms with Gasteiger partial charge in [-0.15, -0.1) is 11.6 Å². The summed E-state index contributed by atoms with van der Waals surface area (Å²) in [5, 5.41) is 0.216. The quantitative estimate of drug-likeness (QED) is 0.504. The van der Waals surface area contributed by atoms with Crippen LogP contribution in [0.2, 0.25) is 0 Å². The van der Waals surface area contributed by atoms with Gasteiger partial charge >= 0.3 is 0 Å². The Morgan fingerprint density at radius 3 is 2.26 bits per heavy atom. The van der Waals surface area contributed by atoms with Crippen molar-refractivity contribution in [3.63, 3.8) is 0 Å². The lowest BCUT2D eigenvalue weighted by Crippen LogP contribution is -2.50. The SMILES string of the molecule is O=C1C(=O)C2C3CCCCC3C(Cl)C3CCCC1C32. The number of ketones is 2. The van der Waals surface area contributed by atoms with Gasteiger partial charge in [0.1, 0.15) is 0 Å². The summed E-state index contributed by atoms with van der Waals surface area (Å²) in [6, 6.07) is 0. The molecule has 0 aliphatic heterocycles. The van der Waals surface area contributed by atoms with Crippen molar-refractivity contribution in [3.8, 4) is 0 Å². The van der Waals surface area contributed by atoms with Crippen LogP contribution in [-0.4, -0.2) is 16.9 Å². The molecule has 7 unspecified atom stereocenters. The van der Waals surface area contributed by atoms with Gasteiger partial charge in [-0.05, 0) is 49.4 Å². The summed E-state index contributed by atoms with van der Waals surface area (Å²) >= 11 is 6.79. The molecule has 0 amide bonds. The fourth-order valence-corrected chi connectivity index (χ4v) is 6.41. The molecule has 104 valence electrons. The van der Waals surface area contributed by atoms with Crippen LogP contribution in [0, 0.1) is 35.5 Å². The summed E-state index contributed by atoms with van der Waals surface area (Å²) in [7, 11) is 0. The van der Waals surface area contributed by atoms with Crippen molar-refractivity contribution in [3.05, 3.63) is 0 Å². The summed E-state index contributed by atoms with van der Waals surface area (Å²) in [6.07, 6.45) is 7.90. The van der Waals surface area contributed by atoms with Gasteiger partial charge in [0.25, 0.3) is 0 Å². The monoisotopic (exact) mass is 280 g/mol. The van der Waals surface area contributed by atoms with E-state index in [9.17, 15) is 9.59 Å². The molecule has 4 aliphatic carbocycles. The van der Waals surface area contributed by atoms with E-state index in [1.54, 1.807) is 0 Å². The molecule has 4 fully saturated rings. The first-order valence-electron chi connectivity index (χ1n) is 7.92. The zero-order valence-electron chi connectivity index (χ0n) is 11.2. The maximum absolute atomic E-state index is 12.5. The summed E-state index contributed by atoms with van der Waals surface area (Å²) in [5.41, 5.74) is 0. The first kappa shape index (κ1) is 12.4. The predicted molar refractivity (Wildman–Crippen MR) is 72.9 cm³/mol. The van der Waals surface area contributed by atoms with Gasteiger partial charge in [-0.25, -0.2) is 0 Å². The Balaban J connectivity index is 1.77. The molecule has 0 heterocycles. The van der Waals surface area contributed by atoms with Crippen LogP contribution >= 0.6 is 11.6 Å². The Labute approximate surface area is 119 Å². The minimum Gasteiger partial charge on any atom is -0.291 e. The van der Waals surface area contributed by atoms with Crippen molar-refractivity contribution < 1.29 is 9.59 Å². The maximum Gasteiger partial charge on any atom is 0.202 e. The van der Waals surface area contributed by atoms with Crippen LogP contribution in [0.15, 0.2) is 0 Å². The zero-order valence-corrected chi connectivity index (χ0v) is 11.9. The van der Waals surface area contributed by atoms with E-state index in [2.05, 4.69) is 0 Å². The number of alkyl halides is 1. The fraction of sp³-hybridized carbons (Fsp3) is 0.875. The van der Waals surface area contributed by atoms with E-state index in [0.717, 1.165) is 25.7 Å². The van der Waals surface area contributed by atoms with Gasteiger partial charge in [0, 0.05) is 17.2 Å². The van der Waals surface area contributed by atoms with E-state index in [4.69, 9.17) is 11.6 Å². The summed E-state index contributed by atoms with van der Waals surface area (Å²) in [5.74, 6) is 1.64. The van der Waals surface area contributed by atoms with E-state index < -0.39 is 0 Å². The van der Waals surface area contributed by atoms with Gasteiger partial charge in [-0.2, -0.15) is 0 Å². The molecule has 7 atom stereocenters. The second-order valence-corrected chi connectivity index (χ2v) is 7.59. The average molecular weight is 281 g/mol. The maximum atomic E-state index is 12.5. The Hall–Kier alpha value is -0.370. The molecule has 0 N–H and O–H groups in total. The highest BCUT2D eigenvalue weighted by atomic mass is 35.5. The van der Waals surface area contributed by atoms with Crippen molar-refractivity contribution in [1.29, 1.82) is 0 Å². The molecule has 4 aliphatic rings. The van der Waals surface area contributed by atoms with Crippen molar-refractivity contribution in [2.75, 3.05) is 0 Å². The largest absolute Gasteiger partial charge is 0.291 e. The number of hydrogen-bond donors (Lipinski definition) is 0. The predicted octanol–water partition coefficient (Wildman–Crippen LogP) is 3.21. The highest BCUT2D eigenvalue weighted by Crippen LogP contribution is 2.59. The van der Waals surface area contributed by atoms with Crippen molar-refractivity contribution in [1.82, 2.24) is 0 Å². The third-order valence-corrected chi connectivity index (χ3v) is 7.11. The topological polar surface area (TPSA) is 34.1 Å². The Morgan fingerprint density at radius 2 is 1.47 bits per heavy atom. The molecule has 2 nitrogen and oxygen atoms in total. The third kappa shape index (κ3) is 1.55. The van der Waals surface area contributed by atoms with Gasteiger partial charge in [0.15, 0.2) is 0 Å². The van der Waals surface area contributed by atoms with Gasteiger partial charge in [-0.1, -0.05) is 19.3 Å². The fourth-order valence-electron chi connectivity index (χ4n) is 5.80. The molecular weight excluding hydrogens is 260 g/mol. The van der Waals surface area contributed by atoms with Gasteiger partial charge < -0.3 is 0 Å². The molecule has 0 saturated heterocycles. The molecule has 3 heteroatoms. The lowest BCUT2D eigenvalue weighted by Gasteiger charge is -2.51. The second-order valence-electron chi connectivity index (χ2n) is 7.09. The highest BCUT2D eigenvalue weighted by Gasteiger charge is 2.62. The number of carbonyl (C=O) groups excluding carboxylic acids is 2. The van der Waals surface area contributed by atoms with E-state index in [0.29, 0.717) is 23.7 Å². The average Bonchev–Trinajstić information content (AvgIpc) is 2.70. The Kier molecular flexibility index (Phi) is 2.81. The second kappa shape index (κ2) is 4.31. The molecule has 0 spiro atoms. The van der Waals surface area contributed by atoms with Crippen LogP contribution in [0.25, 0.3) is 0 Å². The van der Waals surface area contributed by atoms with Crippen LogP contribution in [-0.2, 0) is 9.59 Å². The molecule has 19 heavy (non-hydrogen) atoms. The molecule has 0 aromatic heterocycles. The molecular formula is C16H21ClO2. The van der Waals surface area contributed by atoms with Crippen LogP contribution in [0.3, 0.4) is 0 Å². The van der Waals surface area contributed by atoms with E-state index in [1.807, 2.05) is 0 Å². The van der Waals surface area contributed by atoms with E-state index >= 15 is 0 Å². The standard InChI is InChI=1S/C16H21ClO2/c17-14-9-5-2-1-4-8(9)13-12-10(14)6-3-7-11(12)15(18)16(13)19/h8-14H,1-7H2. The molecule has 4 saturated carbocycles. The van der Waals surface area contributed by atoms with Crippen LogP contribution < -0.4 is 0 Å². The first-order chi connectivity index (χ1) is 9.20. The van der Waals surface area contributed by atoms with E-state index in [-0.39, 0.29) is 28.8 Å². The highest BCUT2D eigenvalue weighted by molar-refractivity contribution is 6.41. The number of carbonyl (C=O) groups is 2. The van der Waals surface area contributed by atoms with E-state index in [1.165, 1.54) is 19.3 Å². The Bertz CT molecular complexity index is 432. The van der Waals surface area contributed by atoms with Crippen LogP contribution in [0.4, 0.5) is 0 Å². The summed E-state index contributed by atoms with van der Waals surface area (Å²) < 4.78 is 0. The van der Waals surface area contributed by atoms with Gasteiger partial charge in [0.2, 0.25) is 11.6 Å². The zero-order chi connectivity index (χ0) is 13.1. The summed E-state index contributed by atoms with van der Waals surface area (Å²) in [4.78, 5) is 24.7. The van der Waals surface area contributed by atoms with Gasteiger partial charge in [0.05, 0.1) is 0 Å². The minimum absolute atomic E-state index is 0.0256. The number of hydrogen-bond acceptors (Lipinski definition) is 2. The lowest BCUT2D eigenvalue weighted by molar-refractivity contribution is -0.138. The van der Waals surface area contributed by atoms with Crippen molar-refractivity contribution in [2.24, 2.45) is 35.5 Å². The molecule has 0 bridgehead atoms. The number of halogens is 1. The number of rotatable bonds is 0. The molecule has 0 aromatic rings. The molecule has 0 radical (unpaired) electrons. The first-order valence-corrected chi connectivity index (χ1v) is 8.36. The lowest BCUT2D eigenvalue weighted by atomic mass is 9.55. The Morgan fingerprint density at radius 1 is 0.789 bits per heavy atom.